The van der Waals surface area contributed by atoms with Gasteiger partial charge in [0.25, 0.3) is 0 Å². The first-order valence-electron chi connectivity index (χ1n) is 9.57. The molecule has 0 fully saturated rings. The van der Waals surface area contributed by atoms with Gasteiger partial charge in [-0.05, 0) is 12.8 Å². The van der Waals surface area contributed by atoms with Crippen molar-refractivity contribution in [2.75, 3.05) is 26.4 Å². The number of rotatable bonds is 18. The largest absolute Gasteiger partial charge is 0.379 e. The highest BCUT2D eigenvalue weighted by atomic mass is 16.5. The Morgan fingerprint density at radius 1 is 0.381 bits per heavy atom. The van der Waals surface area contributed by atoms with E-state index in [9.17, 15) is 0 Å². The molecule has 0 bridgehead atoms. The van der Waals surface area contributed by atoms with E-state index >= 15 is 0 Å². The van der Waals surface area contributed by atoms with Crippen LogP contribution in [-0.2, 0) is 9.47 Å². The van der Waals surface area contributed by atoms with Crippen molar-refractivity contribution in [1.29, 1.82) is 0 Å². The average Bonchev–Trinajstić information content (AvgIpc) is 2.50. The van der Waals surface area contributed by atoms with Gasteiger partial charge in [0.1, 0.15) is 0 Å². The lowest BCUT2D eigenvalue weighted by atomic mass is 10.1. The molecule has 2 heteroatoms. The highest BCUT2D eigenvalue weighted by Crippen LogP contribution is 2.10. The van der Waals surface area contributed by atoms with Crippen molar-refractivity contribution in [3.63, 3.8) is 0 Å². The van der Waals surface area contributed by atoms with Crippen LogP contribution >= 0.6 is 0 Å². The third-order valence-electron chi connectivity index (χ3n) is 3.91. The summed E-state index contributed by atoms with van der Waals surface area (Å²) in [6.45, 7) is 7.84. The topological polar surface area (TPSA) is 18.5 Å². The molecule has 0 saturated carbocycles. The van der Waals surface area contributed by atoms with Gasteiger partial charge in [-0.1, -0.05) is 84.5 Å². The van der Waals surface area contributed by atoms with Gasteiger partial charge in [-0.3, -0.25) is 0 Å². The fourth-order valence-corrected chi connectivity index (χ4v) is 2.47. The second-order valence-corrected chi connectivity index (χ2v) is 6.11. The smallest absolute Gasteiger partial charge is 0.0700 e. The Balaban J connectivity index is 2.90. The molecule has 0 amide bonds. The second kappa shape index (κ2) is 19.9. The number of unbranched alkanes of at least 4 members (excludes halogenated alkanes) is 11. The predicted octanol–water partition coefficient (Wildman–Crippen LogP) is 6.13. The minimum Gasteiger partial charge on any atom is -0.379 e. The van der Waals surface area contributed by atoms with Crippen LogP contribution in [0.25, 0.3) is 0 Å². The molecule has 0 spiro atoms. The molecule has 2 nitrogen and oxygen atoms in total. The molecule has 21 heavy (non-hydrogen) atoms. The maximum Gasteiger partial charge on any atom is 0.0700 e. The van der Waals surface area contributed by atoms with Crippen molar-refractivity contribution in [2.24, 2.45) is 0 Å². The molecular formula is C19H40O2. The maximum absolute atomic E-state index is 5.59. The summed E-state index contributed by atoms with van der Waals surface area (Å²) in [5, 5.41) is 0. The third-order valence-corrected chi connectivity index (χ3v) is 3.91. The van der Waals surface area contributed by atoms with Crippen LogP contribution in [0.1, 0.15) is 97.3 Å². The minimum atomic E-state index is 0.765. The van der Waals surface area contributed by atoms with Crippen molar-refractivity contribution in [3.8, 4) is 0 Å². The Kier molecular flexibility index (Phi) is 19.8. The summed E-state index contributed by atoms with van der Waals surface area (Å²) in [5.74, 6) is 0. The lowest BCUT2D eigenvalue weighted by Gasteiger charge is -2.06. The van der Waals surface area contributed by atoms with Crippen LogP contribution < -0.4 is 0 Å². The monoisotopic (exact) mass is 300 g/mol. The Bertz CT molecular complexity index is 153. The first-order valence-corrected chi connectivity index (χ1v) is 9.57. The summed E-state index contributed by atoms with van der Waals surface area (Å²) in [6, 6.07) is 0. The zero-order valence-electron chi connectivity index (χ0n) is 14.8. The van der Waals surface area contributed by atoms with Crippen molar-refractivity contribution < 1.29 is 9.47 Å². The Labute approximate surface area is 134 Å². The molecule has 0 heterocycles. The second-order valence-electron chi connectivity index (χ2n) is 6.11. The first kappa shape index (κ1) is 20.9. The summed E-state index contributed by atoms with van der Waals surface area (Å²) in [5.41, 5.74) is 0. The van der Waals surface area contributed by atoms with E-state index in [1.54, 1.807) is 0 Å². The lowest BCUT2D eigenvalue weighted by Crippen LogP contribution is -2.06. The molecule has 0 saturated heterocycles. The van der Waals surface area contributed by atoms with E-state index in [4.69, 9.17) is 9.47 Å². The Morgan fingerprint density at radius 2 is 0.714 bits per heavy atom. The molecule has 0 rings (SSSR count). The summed E-state index contributed by atoms with van der Waals surface area (Å²) in [4.78, 5) is 0. The van der Waals surface area contributed by atoms with Crippen LogP contribution in [0, 0.1) is 0 Å². The van der Waals surface area contributed by atoms with Gasteiger partial charge >= 0.3 is 0 Å². The van der Waals surface area contributed by atoms with Gasteiger partial charge in [0, 0.05) is 13.2 Å². The normalized spacial score (nSPS) is 11.1. The minimum absolute atomic E-state index is 0.765. The van der Waals surface area contributed by atoms with E-state index in [1.807, 2.05) is 0 Å². The average molecular weight is 301 g/mol. The van der Waals surface area contributed by atoms with Crippen LogP contribution in [0.5, 0.6) is 0 Å². The SMILES string of the molecule is CCCCCCCCCCCCOCCOCCCCC. The third kappa shape index (κ3) is 19.9. The van der Waals surface area contributed by atoms with Gasteiger partial charge in [0.05, 0.1) is 13.2 Å². The van der Waals surface area contributed by atoms with E-state index in [0.29, 0.717) is 0 Å². The van der Waals surface area contributed by atoms with Gasteiger partial charge in [0.2, 0.25) is 0 Å². The van der Waals surface area contributed by atoms with Crippen molar-refractivity contribution in [2.45, 2.75) is 97.3 Å². The molecular weight excluding hydrogens is 260 g/mol. The highest BCUT2D eigenvalue weighted by Gasteiger charge is 1.94. The van der Waals surface area contributed by atoms with Gasteiger partial charge in [-0.15, -0.1) is 0 Å². The molecule has 0 aromatic heterocycles. The fraction of sp³-hybridized carbons (Fsp3) is 1.00. The zero-order valence-corrected chi connectivity index (χ0v) is 14.8. The van der Waals surface area contributed by atoms with Crippen LogP contribution in [0.15, 0.2) is 0 Å². The lowest BCUT2D eigenvalue weighted by molar-refractivity contribution is 0.0449. The van der Waals surface area contributed by atoms with Gasteiger partial charge in [-0.25, -0.2) is 0 Å². The number of hydrogen-bond acceptors (Lipinski definition) is 2. The van der Waals surface area contributed by atoms with Gasteiger partial charge in [-0.2, -0.15) is 0 Å². The zero-order chi connectivity index (χ0) is 15.4. The molecule has 0 unspecified atom stereocenters. The van der Waals surface area contributed by atoms with Crippen LogP contribution in [0.2, 0.25) is 0 Å². The molecule has 0 aliphatic heterocycles. The first-order chi connectivity index (χ1) is 10.4. The molecule has 0 aliphatic rings. The highest BCUT2D eigenvalue weighted by molar-refractivity contribution is 4.47. The maximum atomic E-state index is 5.59. The summed E-state index contributed by atoms with van der Waals surface area (Å²) in [7, 11) is 0. The van der Waals surface area contributed by atoms with Crippen molar-refractivity contribution >= 4 is 0 Å². The van der Waals surface area contributed by atoms with E-state index in [2.05, 4.69) is 13.8 Å². The van der Waals surface area contributed by atoms with Crippen LogP contribution in [-0.4, -0.2) is 26.4 Å². The molecule has 0 radical (unpaired) electrons. The summed E-state index contributed by atoms with van der Waals surface area (Å²) < 4.78 is 11.1. The molecule has 0 aliphatic carbocycles. The van der Waals surface area contributed by atoms with E-state index in [1.165, 1.54) is 83.5 Å². The number of hydrogen-bond donors (Lipinski definition) is 0. The van der Waals surface area contributed by atoms with E-state index < -0.39 is 0 Å². The fourth-order valence-electron chi connectivity index (χ4n) is 2.47. The standard InChI is InChI=1S/C19H40O2/c1-3-5-7-8-9-10-11-12-13-15-17-21-19-18-20-16-14-6-4-2/h3-19H2,1-2H3. The van der Waals surface area contributed by atoms with E-state index in [-0.39, 0.29) is 0 Å². The molecule has 0 N–H and O–H groups in total. The molecule has 0 atom stereocenters. The van der Waals surface area contributed by atoms with Crippen molar-refractivity contribution in [1.82, 2.24) is 0 Å². The molecule has 0 aromatic carbocycles. The number of ether oxygens (including phenoxy) is 2. The molecule has 0 aromatic rings. The Hall–Kier alpha value is -0.0800. The summed E-state index contributed by atoms with van der Waals surface area (Å²) >= 11 is 0. The van der Waals surface area contributed by atoms with Gasteiger partial charge < -0.3 is 9.47 Å². The van der Waals surface area contributed by atoms with Crippen LogP contribution in [0.3, 0.4) is 0 Å². The van der Waals surface area contributed by atoms with Gasteiger partial charge in [0.15, 0.2) is 0 Å². The van der Waals surface area contributed by atoms with Crippen LogP contribution in [0.4, 0.5) is 0 Å². The summed E-state index contributed by atoms with van der Waals surface area (Å²) in [6.07, 6.45) is 17.6. The molecule has 128 valence electrons. The van der Waals surface area contributed by atoms with Crippen molar-refractivity contribution in [3.05, 3.63) is 0 Å². The predicted molar refractivity (Wildman–Crippen MR) is 93.0 cm³/mol. The Morgan fingerprint density at radius 3 is 1.19 bits per heavy atom. The quantitative estimate of drug-likeness (QED) is 0.283. The van der Waals surface area contributed by atoms with E-state index in [0.717, 1.165) is 26.4 Å².